The second-order valence-corrected chi connectivity index (χ2v) is 6.80. The maximum Gasteiger partial charge on any atom is 0.224 e. The van der Waals surface area contributed by atoms with Gasteiger partial charge in [-0.15, -0.1) is 0 Å². The van der Waals surface area contributed by atoms with Gasteiger partial charge >= 0.3 is 0 Å². The molecule has 2 aromatic carbocycles. The SMILES string of the molecule is C[C@@H]1[C@H](C)CCC[C@@H]1NC(=O)Cc1ccc2ccccc2c1. The van der Waals surface area contributed by atoms with E-state index < -0.39 is 0 Å². The number of hydrogen-bond acceptors (Lipinski definition) is 1. The Morgan fingerprint density at radius 1 is 1.09 bits per heavy atom. The molecule has 1 amide bonds. The number of carbonyl (C=O) groups excluding carboxylic acids is 1. The molecular weight excluding hydrogens is 270 g/mol. The van der Waals surface area contributed by atoms with Gasteiger partial charge in [-0.25, -0.2) is 0 Å². The van der Waals surface area contributed by atoms with Crippen LogP contribution in [0.5, 0.6) is 0 Å². The molecule has 1 fully saturated rings. The molecule has 116 valence electrons. The maximum absolute atomic E-state index is 12.4. The van der Waals surface area contributed by atoms with E-state index in [1.54, 1.807) is 0 Å². The van der Waals surface area contributed by atoms with E-state index in [4.69, 9.17) is 0 Å². The molecule has 1 aliphatic carbocycles. The molecule has 2 aromatic rings. The highest BCUT2D eigenvalue weighted by molar-refractivity contribution is 5.85. The lowest BCUT2D eigenvalue weighted by molar-refractivity contribution is -0.121. The first kappa shape index (κ1) is 15.1. The predicted octanol–water partition coefficient (Wildman–Crippen LogP) is 4.32. The average molecular weight is 295 g/mol. The molecular formula is C20H25NO. The van der Waals surface area contributed by atoms with Crippen LogP contribution in [-0.4, -0.2) is 11.9 Å². The van der Waals surface area contributed by atoms with Gasteiger partial charge in [-0.05, 0) is 34.6 Å². The predicted molar refractivity (Wildman–Crippen MR) is 91.8 cm³/mol. The van der Waals surface area contributed by atoms with Crippen molar-refractivity contribution in [1.82, 2.24) is 5.32 Å². The van der Waals surface area contributed by atoms with Crippen molar-refractivity contribution in [2.75, 3.05) is 0 Å². The first-order valence-electron chi connectivity index (χ1n) is 8.40. The van der Waals surface area contributed by atoms with E-state index in [1.165, 1.54) is 23.6 Å². The molecule has 0 heterocycles. The van der Waals surface area contributed by atoms with Crippen molar-refractivity contribution < 1.29 is 4.79 Å². The van der Waals surface area contributed by atoms with Gasteiger partial charge < -0.3 is 5.32 Å². The van der Waals surface area contributed by atoms with Crippen LogP contribution in [0.3, 0.4) is 0 Å². The number of carbonyl (C=O) groups is 1. The number of fused-ring (bicyclic) bond motifs is 1. The Balaban J connectivity index is 1.65. The van der Waals surface area contributed by atoms with E-state index in [0.717, 1.165) is 12.0 Å². The Morgan fingerprint density at radius 2 is 1.86 bits per heavy atom. The topological polar surface area (TPSA) is 29.1 Å². The summed E-state index contributed by atoms with van der Waals surface area (Å²) in [5.41, 5.74) is 1.09. The number of hydrogen-bond donors (Lipinski definition) is 1. The molecule has 2 nitrogen and oxygen atoms in total. The lowest BCUT2D eigenvalue weighted by Crippen LogP contribution is -2.44. The molecule has 1 aliphatic rings. The lowest BCUT2D eigenvalue weighted by atomic mass is 9.78. The van der Waals surface area contributed by atoms with Crippen LogP contribution in [0.15, 0.2) is 42.5 Å². The Labute approximate surface area is 132 Å². The van der Waals surface area contributed by atoms with Gasteiger partial charge in [0.15, 0.2) is 0 Å². The number of rotatable bonds is 3. The summed E-state index contributed by atoms with van der Waals surface area (Å²) in [6.07, 6.45) is 4.11. The zero-order valence-electron chi connectivity index (χ0n) is 13.5. The van der Waals surface area contributed by atoms with Crippen molar-refractivity contribution in [2.45, 2.75) is 45.6 Å². The fraction of sp³-hybridized carbons (Fsp3) is 0.450. The highest BCUT2D eigenvalue weighted by atomic mass is 16.1. The molecule has 0 radical (unpaired) electrons. The van der Waals surface area contributed by atoms with Crippen LogP contribution in [0.25, 0.3) is 10.8 Å². The normalized spacial score (nSPS) is 25.1. The monoisotopic (exact) mass is 295 g/mol. The molecule has 1 N–H and O–H groups in total. The molecule has 3 rings (SSSR count). The van der Waals surface area contributed by atoms with Gasteiger partial charge in [0.1, 0.15) is 0 Å². The zero-order valence-corrected chi connectivity index (χ0v) is 13.5. The molecule has 0 bridgehead atoms. The second-order valence-electron chi connectivity index (χ2n) is 6.80. The number of amides is 1. The minimum atomic E-state index is 0.154. The molecule has 0 aliphatic heterocycles. The van der Waals surface area contributed by atoms with Gasteiger partial charge in [0, 0.05) is 6.04 Å². The summed E-state index contributed by atoms with van der Waals surface area (Å²) in [5, 5.41) is 5.68. The summed E-state index contributed by atoms with van der Waals surface area (Å²) in [7, 11) is 0. The van der Waals surface area contributed by atoms with E-state index in [-0.39, 0.29) is 5.91 Å². The first-order chi connectivity index (χ1) is 10.6. The first-order valence-corrected chi connectivity index (χ1v) is 8.40. The quantitative estimate of drug-likeness (QED) is 0.897. The Hall–Kier alpha value is -1.83. The average Bonchev–Trinajstić information content (AvgIpc) is 2.52. The molecule has 0 spiro atoms. The highest BCUT2D eigenvalue weighted by Gasteiger charge is 2.27. The van der Waals surface area contributed by atoms with Crippen LogP contribution in [0.2, 0.25) is 0 Å². The lowest BCUT2D eigenvalue weighted by Gasteiger charge is -2.34. The standard InChI is InChI=1S/C20H25NO/c1-14-6-5-9-19(15(14)2)21-20(22)13-16-10-11-17-7-3-4-8-18(17)12-16/h3-4,7-8,10-12,14-15,19H,5-6,9,13H2,1-2H3,(H,21,22)/t14-,15-,19+/m1/s1. The van der Waals surface area contributed by atoms with Gasteiger partial charge in [0.05, 0.1) is 6.42 Å². The Kier molecular flexibility index (Phi) is 4.47. The maximum atomic E-state index is 12.4. The highest BCUT2D eigenvalue weighted by Crippen LogP contribution is 2.29. The molecule has 3 atom stereocenters. The van der Waals surface area contributed by atoms with Gasteiger partial charge in [-0.2, -0.15) is 0 Å². The van der Waals surface area contributed by atoms with Crippen molar-refractivity contribution >= 4 is 16.7 Å². The second kappa shape index (κ2) is 6.51. The minimum absolute atomic E-state index is 0.154. The summed E-state index contributed by atoms with van der Waals surface area (Å²) < 4.78 is 0. The van der Waals surface area contributed by atoms with E-state index in [0.29, 0.717) is 24.3 Å². The van der Waals surface area contributed by atoms with Crippen LogP contribution >= 0.6 is 0 Å². The smallest absolute Gasteiger partial charge is 0.224 e. The molecule has 1 saturated carbocycles. The summed E-state index contributed by atoms with van der Waals surface area (Å²) in [6.45, 7) is 4.57. The van der Waals surface area contributed by atoms with E-state index >= 15 is 0 Å². The molecule has 2 heteroatoms. The third-order valence-corrected chi connectivity index (χ3v) is 5.23. The van der Waals surface area contributed by atoms with Crippen molar-refractivity contribution in [1.29, 1.82) is 0 Å². The summed E-state index contributed by atoms with van der Waals surface area (Å²) in [6, 6.07) is 14.9. The van der Waals surface area contributed by atoms with Gasteiger partial charge in [-0.1, -0.05) is 69.2 Å². The largest absolute Gasteiger partial charge is 0.353 e. The molecule has 22 heavy (non-hydrogen) atoms. The fourth-order valence-corrected chi connectivity index (χ4v) is 3.58. The Bertz CT molecular complexity index is 664. The van der Waals surface area contributed by atoms with Crippen molar-refractivity contribution in [3.63, 3.8) is 0 Å². The van der Waals surface area contributed by atoms with Gasteiger partial charge in [0.25, 0.3) is 0 Å². The summed E-state index contributed by atoms with van der Waals surface area (Å²) in [4.78, 5) is 12.4. The molecule has 0 aromatic heterocycles. The van der Waals surface area contributed by atoms with Crippen molar-refractivity contribution in [3.05, 3.63) is 48.0 Å². The number of benzene rings is 2. The van der Waals surface area contributed by atoms with Crippen molar-refractivity contribution in [3.8, 4) is 0 Å². The van der Waals surface area contributed by atoms with Crippen LogP contribution in [0.4, 0.5) is 0 Å². The van der Waals surface area contributed by atoms with Crippen LogP contribution in [-0.2, 0) is 11.2 Å². The van der Waals surface area contributed by atoms with E-state index in [1.807, 2.05) is 12.1 Å². The molecule has 0 saturated heterocycles. The zero-order chi connectivity index (χ0) is 15.5. The summed E-state index contributed by atoms with van der Waals surface area (Å²) in [5.74, 6) is 1.44. The number of nitrogens with one attached hydrogen (secondary N) is 1. The van der Waals surface area contributed by atoms with Gasteiger partial charge in [-0.3, -0.25) is 4.79 Å². The van der Waals surface area contributed by atoms with E-state index in [2.05, 4.69) is 49.5 Å². The van der Waals surface area contributed by atoms with Crippen LogP contribution < -0.4 is 5.32 Å². The third-order valence-electron chi connectivity index (χ3n) is 5.23. The minimum Gasteiger partial charge on any atom is -0.353 e. The van der Waals surface area contributed by atoms with Crippen LogP contribution in [0, 0.1) is 11.8 Å². The van der Waals surface area contributed by atoms with Crippen molar-refractivity contribution in [2.24, 2.45) is 11.8 Å². The Morgan fingerprint density at radius 3 is 2.68 bits per heavy atom. The van der Waals surface area contributed by atoms with Gasteiger partial charge in [0.2, 0.25) is 5.91 Å². The third kappa shape index (κ3) is 3.32. The van der Waals surface area contributed by atoms with E-state index in [9.17, 15) is 4.79 Å². The van der Waals surface area contributed by atoms with Crippen LogP contribution in [0.1, 0.15) is 38.7 Å². The summed E-state index contributed by atoms with van der Waals surface area (Å²) >= 11 is 0. The fourth-order valence-electron chi connectivity index (χ4n) is 3.58. The molecule has 0 unspecified atom stereocenters.